The van der Waals surface area contributed by atoms with Crippen LogP contribution < -0.4 is 15.6 Å². The average molecular weight is 460 g/mol. The van der Waals surface area contributed by atoms with E-state index in [9.17, 15) is 9.59 Å². The molecule has 1 atom stereocenters. The molecule has 164 valence electrons. The van der Waals surface area contributed by atoms with Crippen molar-refractivity contribution >= 4 is 44.7 Å². The molecule has 6 nitrogen and oxygen atoms in total. The van der Waals surface area contributed by atoms with Gasteiger partial charge in [-0.25, -0.2) is 4.98 Å². The van der Waals surface area contributed by atoms with E-state index in [2.05, 4.69) is 31.1 Å². The van der Waals surface area contributed by atoms with Crippen molar-refractivity contribution in [2.75, 3.05) is 12.4 Å². The first-order valence-corrected chi connectivity index (χ1v) is 11.5. The number of halogens is 1. The van der Waals surface area contributed by atoms with Crippen molar-refractivity contribution in [3.8, 4) is 5.75 Å². The lowest BCUT2D eigenvalue weighted by atomic mass is 9.72. The molecule has 1 aromatic carbocycles. The van der Waals surface area contributed by atoms with Crippen LogP contribution in [0.15, 0.2) is 29.3 Å². The van der Waals surface area contributed by atoms with Gasteiger partial charge in [-0.05, 0) is 54.4 Å². The van der Waals surface area contributed by atoms with Gasteiger partial charge in [-0.15, -0.1) is 11.3 Å². The number of aryl methyl sites for hydroxylation is 1. The van der Waals surface area contributed by atoms with E-state index in [1.54, 1.807) is 29.5 Å². The number of carbonyl (C=O) groups is 1. The Labute approximate surface area is 190 Å². The maximum Gasteiger partial charge on any atom is 0.262 e. The molecule has 1 aliphatic carbocycles. The zero-order chi connectivity index (χ0) is 22.3. The van der Waals surface area contributed by atoms with Crippen molar-refractivity contribution in [2.24, 2.45) is 11.3 Å². The van der Waals surface area contributed by atoms with Gasteiger partial charge in [0.15, 0.2) is 0 Å². The molecular formula is C23H26ClN3O3S. The van der Waals surface area contributed by atoms with Gasteiger partial charge in [0.05, 0.1) is 23.8 Å². The number of rotatable bonds is 4. The van der Waals surface area contributed by atoms with E-state index < -0.39 is 0 Å². The molecule has 1 amide bonds. The predicted octanol–water partition coefficient (Wildman–Crippen LogP) is 4.91. The largest absolute Gasteiger partial charge is 0.495 e. The Morgan fingerprint density at radius 1 is 1.39 bits per heavy atom. The third kappa shape index (κ3) is 4.34. The van der Waals surface area contributed by atoms with Gasteiger partial charge in [-0.2, -0.15) is 0 Å². The number of carbonyl (C=O) groups excluding carboxylic acids is 1. The molecule has 2 heterocycles. The molecule has 31 heavy (non-hydrogen) atoms. The van der Waals surface area contributed by atoms with E-state index in [0.29, 0.717) is 27.8 Å². The predicted molar refractivity (Wildman–Crippen MR) is 125 cm³/mol. The molecule has 1 N–H and O–H groups in total. The number of fused-ring (bicyclic) bond motifs is 3. The summed E-state index contributed by atoms with van der Waals surface area (Å²) in [6.07, 6.45) is 4.40. The molecule has 0 radical (unpaired) electrons. The third-order valence-electron chi connectivity index (χ3n) is 6.01. The van der Waals surface area contributed by atoms with Crippen LogP contribution in [0.2, 0.25) is 5.02 Å². The van der Waals surface area contributed by atoms with Crippen molar-refractivity contribution in [1.82, 2.24) is 9.55 Å². The molecule has 2 aromatic heterocycles. The second-order valence-electron chi connectivity index (χ2n) is 9.06. The number of amides is 1. The zero-order valence-corrected chi connectivity index (χ0v) is 19.7. The molecule has 1 unspecified atom stereocenters. The number of ether oxygens (including phenoxy) is 1. The molecular weight excluding hydrogens is 434 g/mol. The Hall–Kier alpha value is -2.38. The Balaban J connectivity index is 1.57. The monoisotopic (exact) mass is 459 g/mol. The average Bonchev–Trinajstić information content (AvgIpc) is 3.08. The van der Waals surface area contributed by atoms with Gasteiger partial charge in [0.25, 0.3) is 5.56 Å². The fourth-order valence-electron chi connectivity index (χ4n) is 4.15. The van der Waals surface area contributed by atoms with Crippen LogP contribution in [-0.2, 0) is 24.2 Å². The number of aromatic nitrogens is 2. The van der Waals surface area contributed by atoms with Crippen LogP contribution in [0.1, 0.15) is 37.6 Å². The van der Waals surface area contributed by atoms with Crippen LogP contribution in [0.3, 0.4) is 0 Å². The van der Waals surface area contributed by atoms with E-state index in [-0.39, 0.29) is 23.4 Å². The van der Waals surface area contributed by atoms with Crippen LogP contribution in [0.25, 0.3) is 10.2 Å². The van der Waals surface area contributed by atoms with E-state index in [1.165, 1.54) is 22.9 Å². The first-order chi connectivity index (χ1) is 14.7. The lowest BCUT2D eigenvalue weighted by Crippen LogP contribution is -2.29. The van der Waals surface area contributed by atoms with E-state index >= 15 is 0 Å². The van der Waals surface area contributed by atoms with Crippen LogP contribution in [0.4, 0.5) is 5.69 Å². The van der Waals surface area contributed by atoms with Gasteiger partial charge >= 0.3 is 0 Å². The lowest BCUT2D eigenvalue weighted by Gasteiger charge is -2.33. The van der Waals surface area contributed by atoms with Crippen LogP contribution in [-0.4, -0.2) is 22.6 Å². The molecule has 0 spiro atoms. The highest BCUT2D eigenvalue weighted by molar-refractivity contribution is 7.18. The molecule has 3 aromatic rings. The summed E-state index contributed by atoms with van der Waals surface area (Å²) >= 11 is 7.73. The van der Waals surface area contributed by atoms with Crippen molar-refractivity contribution in [1.29, 1.82) is 0 Å². The first kappa shape index (κ1) is 21.8. The summed E-state index contributed by atoms with van der Waals surface area (Å²) in [5.74, 6) is 0.806. The second-order valence-corrected chi connectivity index (χ2v) is 10.6. The molecule has 4 rings (SSSR count). The van der Waals surface area contributed by atoms with Gasteiger partial charge in [-0.3, -0.25) is 14.2 Å². The Bertz CT molecular complexity index is 1210. The minimum Gasteiger partial charge on any atom is -0.495 e. The quantitative estimate of drug-likeness (QED) is 0.601. The van der Waals surface area contributed by atoms with Crippen LogP contribution in [0, 0.1) is 11.3 Å². The number of thiophene rings is 1. The van der Waals surface area contributed by atoms with E-state index in [1.807, 2.05) is 0 Å². The molecule has 0 fully saturated rings. The zero-order valence-electron chi connectivity index (χ0n) is 18.1. The standard InChI is InChI=1S/C23H26ClN3O3S/c1-23(2,3)13-5-7-15-18(9-13)31-21-20(15)22(29)27(12-25-21)11-19(28)26-14-6-8-17(30-4)16(24)10-14/h6,8,10,12-13H,5,7,9,11H2,1-4H3,(H,26,28). The van der Waals surface area contributed by atoms with Crippen LogP contribution >= 0.6 is 22.9 Å². The summed E-state index contributed by atoms with van der Waals surface area (Å²) in [7, 11) is 1.53. The topological polar surface area (TPSA) is 73.2 Å². The van der Waals surface area contributed by atoms with Crippen molar-refractivity contribution in [2.45, 2.75) is 46.6 Å². The summed E-state index contributed by atoms with van der Waals surface area (Å²) in [5, 5.41) is 3.85. The van der Waals surface area contributed by atoms with E-state index in [0.717, 1.165) is 29.7 Å². The number of anilines is 1. The Morgan fingerprint density at radius 3 is 2.84 bits per heavy atom. The van der Waals surface area contributed by atoms with Gasteiger partial charge < -0.3 is 10.1 Å². The molecule has 1 aliphatic rings. The Kier molecular flexibility index (Phi) is 5.83. The van der Waals surface area contributed by atoms with Gasteiger partial charge in [-0.1, -0.05) is 32.4 Å². The maximum atomic E-state index is 13.2. The van der Waals surface area contributed by atoms with Gasteiger partial charge in [0, 0.05) is 10.6 Å². The summed E-state index contributed by atoms with van der Waals surface area (Å²) in [6, 6.07) is 5.00. The summed E-state index contributed by atoms with van der Waals surface area (Å²) in [4.78, 5) is 32.2. The molecule has 0 aliphatic heterocycles. The first-order valence-electron chi connectivity index (χ1n) is 10.3. The second kappa shape index (κ2) is 8.28. The fourth-order valence-corrected chi connectivity index (χ4v) is 5.67. The van der Waals surface area contributed by atoms with Crippen LogP contribution in [0.5, 0.6) is 5.75 Å². The van der Waals surface area contributed by atoms with Crippen molar-refractivity contribution < 1.29 is 9.53 Å². The summed E-state index contributed by atoms with van der Waals surface area (Å²) in [6.45, 7) is 6.71. The summed E-state index contributed by atoms with van der Waals surface area (Å²) in [5.41, 5.74) is 1.75. The van der Waals surface area contributed by atoms with E-state index in [4.69, 9.17) is 16.3 Å². The smallest absolute Gasteiger partial charge is 0.262 e. The summed E-state index contributed by atoms with van der Waals surface area (Å²) < 4.78 is 6.50. The number of hydrogen-bond acceptors (Lipinski definition) is 5. The maximum absolute atomic E-state index is 13.2. The number of methoxy groups -OCH3 is 1. The highest BCUT2D eigenvalue weighted by Crippen LogP contribution is 2.41. The highest BCUT2D eigenvalue weighted by Gasteiger charge is 2.31. The fraction of sp³-hybridized carbons (Fsp3) is 0.435. The minimum atomic E-state index is -0.318. The SMILES string of the molecule is COc1ccc(NC(=O)Cn2cnc3sc4c(c3c2=O)CCC(C(C)(C)C)C4)cc1Cl. The lowest BCUT2D eigenvalue weighted by molar-refractivity contribution is -0.116. The molecule has 8 heteroatoms. The molecule has 0 saturated heterocycles. The number of benzene rings is 1. The van der Waals surface area contributed by atoms with Gasteiger partial charge in [0.1, 0.15) is 17.1 Å². The number of nitrogens with one attached hydrogen (secondary N) is 1. The van der Waals surface area contributed by atoms with Crippen molar-refractivity contribution in [3.05, 3.63) is 50.3 Å². The minimum absolute atomic E-state index is 0.110. The number of hydrogen-bond donors (Lipinski definition) is 1. The number of nitrogens with zero attached hydrogens (tertiary/aromatic N) is 2. The normalized spacial score (nSPS) is 16.2. The molecule has 0 saturated carbocycles. The Morgan fingerprint density at radius 2 is 2.16 bits per heavy atom. The van der Waals surface area contributed by atoms with Gasteiger partial charge in [0.2, 0.25) is 5.91 Å². The highest BCUT2D eigenvalue weighted by atomic mass is 35.5. The molecule has 0 bridgehead atoms. The third-order valence-corrected chi connectivity index (χ3v) is 7.47. The van der Waals surface area contributed by atoms with Crippen molar-refractivity contribution in [3.63, 3.8) is 0 Å².